The Labute approximate surface area is 162 Å². The van der Waals surface area contributed by atoms with Crippen LogP contribution in [0.1, 0.15) is 25.7 Å². The third-order valence-electron chi connectivity index (χ3n) is 5.86. The molecule has 0 unspecified atom stereocenters. The molecule has 1 aromatic heterocycles. The van der Waals surface area contributed by atoms with Crippen LogP contribution in [0.5, 0.6) is 0 Å². The molecule has 2 amide bonds. The molecule has 1 spiro atoms. The summed E-state index contributed by atoms with van der Waals surface area (Å²) in [6, 6.07) is 8.14. The van der Waals surface area contributed by atoms with E-state index in [-0.39, 0.29) is 6.03 Å². The molecule has 2 saturated carbocycles. The number of thiazole rings is 1. The van der Waals surface area contributed by atoms with Gasteiger partial charge in [0.1, 0.15) is 0 Å². The molecular weight excluding hydrogens is 360 g/mol. The Morgan fingerprint density at radius 1 is 1.19 bits per heavy atom. The molecule has 5 rings (SSSR count). The Kier molecular flexibility index (Phi) is 4.28. The van der Waals surface area contributed by atoms with Gasteiger partial charge in [-0.25, -0.2) is 9.78 Å². The molecule has 6 nitrogen and oxygen atoms in total. The van der Waals surface area contributed by atoms with Gasteiger partial charge in [0.15, 0.2) is 5.13 Å². The fourth-order valence-corrected chi connectivity index (χ4v) is 4.93. The zero-order chi connectivity index (χ0) is 18.3. The van der Waals surface area contributed by atoms with E-state index in [1.54, 1.807) is 11.3 Å². The Morgan fingerprint density at radius 2 is 1.93 bits per heavy atom. The highest BCUT2D eigenvalue weighted by molar-refractivity contribution is 7.14. The van der Waals surface area contributed by atoms with Crippen molar-refractivity contribution in [3.63, 3.8) is 0 Å². The van der Waals surface area contributed by atoms with Gasteiger partial charge in [-0.15, -0.1) is 11.3 Å². The lowest BCUT2D eigenvalue weighted by Crippen LogP contribution is -2.46. The first-order chi connectivity index (χ1) is 13.2. The Bertz CT molecular complexity index is 817. The number of anilines is 2. The van der Waals surface area contributed by atoms with Crippen LogP contribution < -0.4 is 15.5 Å². The fraction of sp³-hybridized carbons (Fsp3) is 0.500. The molecule has 2 aromatic rings. The summed E-state index contributed by atoms with van der Waals surface area (Å²) in [5, 5.41) is 9.14. The van der Waals surface area contributed by atoms with Gasteiger partial charge in [-0.1, -0.05) is 12.1 Å². The number of benzene rings is 1. The summed E-state index contributed by atoms with van der Waals surface area (Å²) >= 11 is 1.67. The Hall–Kier alpha value is -2.12. The number of hydrogen-bond acceptors (Lipinski definition) is 5. The van der Waals surface area contributed by atoms with Gasteiger partial charge >= 0.3 is 6.03 Å². The molecule has 0 bridgehead atoms. The maximum Gasteiger partial charge on any atom is 0.319 e. The summed E-state index contributed by atoms with van der Waals surface area (Å²) in [5.41, 5.74) is 3.45. The number of ether oxygens (including phenoxy) is 1. The van der Waals surface area contributed by atoms with Crippen molar-refractivity contribution in [2.24, 2.45) is 5.41 Å². The van der Waals surface area contributed by atoms with Crippen molar-refractivity contribution in [3.05, 3.63) is 29.6 Å². The number of nitrogens with one attached hydrogen (secondary N) is 2. The van der Waals surface area contributed by atoms with Gasteiger partial charge in [0, 0.05) is 35.8 Å². The number of carbonyl (C=O) groups is 1. The van der Waals surface area contributed by atoms with Crippen molar-refractivity contribution >= 4 is 28.2 Å². The van der Waals surface area contributed by atoms with Crippen LogP contribution in [0.4, 0.5) is 15.6 Å². The summed E-state index contributed by atoms with van der Waals surface area (Å²) in [4.78, 5) is 19.2. The standard InChI is InChI=1S/C20H24N4O2S/c25-18(22-16-11-20(12-16)5-6-20)21-15-3-1-14(2-4-15)17-13-27-19(23-17)24-7-9-26-10-8-24/h1-4,13,16H,5-12H2,(H2,21,22,25). The van der Waals surface area contributed by atoms with E-state index in [0.29, 0.717) is 11.5 Å². The number of hydrogen-bond donors (Lipinski definition) is 2. The summed E-state index contributed by atoms with van der Waals surface area (Å²) in [7, 11) is 0. The zero-order valence-electron chi connectivity index (χ0n) is 15.2. The predicted octanol–water partition coefficient (Wildman–Crippen LogP) is 3.71. The largest absolute Gasteiger partial charge is 0.378 e. The van der Waals surface area contributed by atoms with Crippen LogP contribution in [0.15, 0.2) is 29.6 Å². The summed E-state index contributed by atoms with van der Waals surface area (Å²) < 4.78 is 5.40. The lowest BCUT2D eigenvalue weighted by Gasteiger charge is -2.36. The summed E-state index contributed by atoms with van der Waals surface area (Å²) in [6.45, 7) is 3.32. The van der Waals surface area contributed by atoms with Crippen LogP contribution in [0.3, 0.4) is 0 Å². The average molecular weight is 385 g/mol. The lowest BCUT2D eigenvalue weighted by atomic mass is 9.77. The van der Waals surface area contributed by atoms with Crippen molar-refractivity contribution in [3.8, 4) is 11.3 Å². The molecule has 0 radical (unpaired) electrons. The van der Waals surface area contributed by atoms with E-state index in [9.17, 15) is 4.79 Å². The molecule has 2 heterocycles. The molecule has 142 valence electrons. The molecular formula is C20H24N4O2S. The van der Waals surface area contributed by atoms with E-state index in [1.165, 1.54) is 12.8 Å². The molecule has 0 atom stereocenters. The molecule has 2 N–H and O–H groups in total. The third-order valence-corrected chi connectivity index (χ3v) is 6.76. The van der Waals surface area contributed by atoms with E-state index >= 15 is 0 Å². The molecule has 1 saturated heterocycles. The third kappa shape index (κ3) is 3.66. The van der Waals surface area contributed by atoms with Gasteiger partial charge in [0.25, 0.3) is 0 Å². The van der Waals surface area contributed by atoms with Crippen molar-refractivity contribution in [1.29, 1.82) is 0 Å². The van der Waals surface area contributed by atoms with E-state index in [2.05, 4.69) is 20.9 Å². The second-order valence-electron chi connectivity index (χ2n) is 7.90. The minimum atomic E-state index is -0.105. The number of amides is 2. The number of nitrogens with zero attached hydrogens (tertiary/aromatic N) is 2. The monoisotopic (exact) mass is 384 g/mol. The highest BCUT2D eigenvalue weighted by Gasteiger charge is 2.53. The molecule has 7 heteroatoms. The summed E-state index contributed by atoms with van der Waals surface area (Å²) in [5.74, 6) is 0. The van der Waals surface area contributed by atoms with Crippen LogP contribution >= 0.6 is 11.3 Å². The van der Waals surface area contributed by atoms with Gasteiger partial charge in [-0.3, -0.25) is 0 Å². The van der Waals surface area contributed by atoms with E-state index in [4.69, 9.17) is 9.72 Å². The fourth-order valence-electron chi connectivity index (χ4n) is 4.05. The van der Waals surface area contributed by atoms with E-state index in [1.807, 2.05) is 24.3 Å². The molecule has 3 fully saturated rings. The SMILES string of the molecule is O=C(Nc1ccc(-c2csc(N3CCOCC3)n2)cc1)NC1CC2(CC2)C1. The van der Waals surface area contributed by atoms with Gasteiger partial charge in [0.05, 0.1) is 18.9 Å². The molecule has 1 aromatic carbocycles. The van der Waals surface area contributed by atoms with Crippen molar-refractivity contribution in [1.82, 2.24) is 10.3 Å². The normalized spacial score (nSPS) is 21.0. The first kappa shape index (κ1) is 17.0. The van der Waals surface area contributed by atoms with Gasteiger partial charge in [-0.2, -0.15) is 0 Å². The topological polar surface area (TPSA) is 66.5 Å². The van der Waals surface area contributed by atoms with Crippen molar-refractivity contribution in [2.75, 3.05) is 36.5 Å². The van der Waals surface area contributed by atoms with Crippen LogP contribution in [0, 0.1) is 5.41 Å². The van der Waals surface area contributed by atoms with Crippen LogP contribution in [-0.2, 0) is 4.74 Å². The number of aromatic nitrogens is 1. The van der Waals surface area contributed by atoms with Gasteiger partial charge in [-0.05, 0) is 43.2 Å². The molecule has 27 heavy (non-hydrogen) atoms. The van der Waals surface area contributed by atoms with Crippen LogP contribution in [0.2, 0.25) is 0 Å². The van der Waals surface area contributed by atoms with Crippen molar-refractivity contribution < 1.29 is 9.53 Å². The second-order valence-corrected chi connectivity index (χ2v) is 8.73. The average Bonchev–Trinajstić information content (AvgIpc) is 3.30. The Morgan fingerprint density at radius 3 is 2.63 bits per heavy atom. The minimum absolute atomic E-state index is 0.105. The molecule has 1 aliphatic heterocycles. The highest BCUT2D eigenvalue weighted by Crippen LogP contribution is 2.60. The number of carbonyl (C=O) groups excluding carboxylic acids is 1. The predicted molar refractivity (Wildman–Crippen MR) is 107 cm³/mol. The zero-order valence-corrected chi connectivity index (χ0v) is 16.1. The first-order valence-electron chi connectivity index (χ1n) is 9.65. The number of urea groups is 1. The molecule has 3 aliphatic rings. The van der Waals surface area contributed by atoms with E-state index < -0.39 is 0 Å². The molecule has 2 aliphatic carbocycles. The Balaban J connectivity index is 1.17. The van der Waals surface area contributed by atoms with Crippen molar-refractivity contribution in [2.45, 2.75) is 31.7 Å². The number of rotatable bonds is 4. The maximum atomic E-state index is 12.1. The first-order valence-corrected chi connectivity index (χ1v) is 10.5. The number of morpholine rings is 1. The smallest absolute Gasteiger partial charge is 0.319 e. The van der Waals surface area contributed by atoms with Gasteiger partial charge < -0.3 is 20.3 Å². The minimum Gasteiger partial charge on any atom is -0.378 e. The van der Waals surface area contributed by atoms with Crippen LogP contribution in [0.25, 0.3) is 11.3 Å². The maximum absolute atomic E-state index is 12.1. The second kappa shape index (κ2) is 6.80. The van der Waals surface area contributed by atoms with Gasteiger partial charge in [0.2, 0.25) is 0 Å². The lowest BCUT2D eigenvalue weighted by molar-refractivity contribution is 0.122. The highest BCUT2D eigenvalue weighted by atomic mass is 32.1. The quantitative estimate of drug-likeness (QED) is 0.843. The van der Waals surface area contributed by atoms with E-state index in [0.717, 1.165) is 61.2 Å². The summed E-state index contributed by atoms with van der Waals surface area (Å²) in [6.07, 6.45) is 4.99. The van der Waals surface area contributed by atoms with Crippen LogP contribution in [-0.4, -0.2) is 43.4 Å².